The molecule has 0 unspecified atom stereocenters. The lowest BCUT2D eigenvalue weighted by Gasteiger charge is -2.24. The van der Waals surface area contributed by atoms with E-state index in [-0.39, 0.29) is 0 Å². The van der Waals surface area contributed by atoms with Crippen LogP contribution in [0.2, 0.25) is 0 Å². The maximum atomic E-state index is 12.2. The van der Waals surface area contributed by atoms with Crippen LogP contribution in [0.5, 0.6) is 11.5 Å². The van der Waals surface area contributed by atoms with Crippen LogP contribution in [0.4, 0.5) is 10.6 Å². The molecule has 0 aliphatic rings. The number of pyridine rings is 1. The lowest BCUT2D eigenvalue weighted by atomic mass is 10.2. The summed E-state index contributed by atoms with van der Waals surface area (Å²) >= 11 is 0. The number of hydrogen-bond donors (Lipinski definition) is 1. The standard InChI is InChI=1S/C23H33N3O4/c1-7-24-16-17-11-12-19(15-20(17)28-6)29-14-13-18-9-8-10-21(25-18)26(5)22(27)30-23(2,3)4/h8-12,15,24H,7,13-14,16H2,1-6H3. The molecular formula is C23H33N3O4. The van der Waals surface area contributed by atoms with E-state index in [0.717, 1.165) is 35.8 Å². The third kappa shape index (κ3) is 7.22. The van der Waals surface area contributed by atoms with E-state index in [2.05, 4.69) is 17.2 Å². The first kappa shape index (κ1) is 23.5. The minimum Gasteiger partial charge on any atom is -0.496 e. The highest BCUT2D eigenvalue weighted by Crippen LogP contribution is 2.25. The second-order valence-electron chi connectivity index (χ2n) is 7.88. The number of nitrogens with zero attached hydrogens (tertiary/aromatic N) is 2. The summed E-state index contributed by atoms with van der Waals surface area (Å²) in [4.78, 5) is 18.2. The normalized spacial score (nSPS) is 11.1. The molecule has 0 aliphatic heterocycles. The maximum absolute atomic E-state index is 12.2. The number of rotatable bonds is 9. The minimum atomic E-state index is -0.556. The van der Waals surface area contributed by atoms with Crippen molar-refractivity contribution >= 4 is 11.9 Å². The predicted molar refractivity (Wildman–Crippen MR) is 118 cm³/mol. The SMILES string of the molecule is CCNCc1ccc(OCCc2cccc(N(C)C(=O)OC(C)(C)C)n2)cc1OC. The van der Waals surface area contributed by atoms with Gasteiger partial charge in [-0.15, -0.1) is 0 Å². The van der Waals surface area contributed by atoms with Crippen molar-refractivity contribution in [1.82, 2.24) is 10.3 Å². The molecule has 1 aromatic carbocycles. The molecule has 0 bridgehead atoms. The zero-order valence-electron chi connectivity index (χ0n) is 18.8. The largest absolute Gasteiger partial charge is 0.496 e. The third-order valence-electron chi connectivity index (χ3n) is 4.25. The number of benzene rings is 1. The van der Waals surface area contributed by atoms with Crippen molar-refractivity contribution in [3.63, 3.8) is 0 Å². The van der Waals surface area contributed by atoms with Gasteiger partial charge in [0.15, 0.2) is 0 Å². The first-order chi connectivity index (χ1) is 14.2. The Morgan fingerprint density at radius 1 is 1.20 bits per heavy atom. The molecule has 0 radical (unpaired) electrons. The van der Waals surface area contributed by atoms with Crippen LogP contribution in [0.3, 0.4) is 0 Å². The van der Waals surface area contributed by atoms with E-state index in [4.69, 9.17) is 14.2 Å². The van der Waals surface area contributed by atoms with Crippen molar-refractivity contribution in [2.75, 3.05) is 32.2 Å². The van der Waals surface area contributed by atoms with Crippen molar-refractivity contribution in [1.29, 1.82) is 0 Å². The fourth-order valence-electron chi connectivity index (χ4n) is 2.71. The van der Waals surface area contributed by atoms with Gasteiger partial charge < -0.3 is 19.5 Å². The van der Waals surface area contributed by atoms with Crippen molar-refractivity contribution < 1.29 is 19.0 Å². The van der Waals surface area contributed by atoms with Crippen LogP contribution < -0.4 is 19.7 Å². The number of methoxy groups -OCH3 is 1. The number of aromatic nitrogens is 1. The van der Waals surface area contributed by atoms with E-state index in [0.29, 0.717) is 18.8 Å². The highest BCUT2D eigenvalue weighted by atomic mass is 16.6. The van der Waals surface area contributed by atoms with E-state index in [1.807, 2.05) is 51.1 Å². The molecule has 0 aliphatic carbocycles. The van der Waals surface area contributed by atoms with Gasteiger partial charge in [-0.3, -0.25) is 4.90 Å². The molecule has 1 aromatic heterocycles. The van der Waals surface area contributed by atoms with Crippen LogP contribution in [0.1, 0.15) is 39.0 Å². The lowest BCUT2D eigenvalue weighted by Crippen LogP contribution is -2.34. The van der Waals surface area contributed by atoms with Crippen molar-refractivity contribution in [2.24, 2.45) is 0 Å². The highest BCUT2D eigenvalue weighted by molar-refractivity contribution is 5.85. The molecule has 7 heteroatoms. The highest BCUT2D eigenvalue weighted by Gasteiger charge is 2.21. The van der Waals surface area contributed by atoms with Crippen LogP contribution in [0, 0.1) is 0 Å². The molecule has 0 saturated heterocycles. The maximum Gasteiger partial charge on any atom is 0.415 e. The second kappa shape index (κ2) is 10.8. The second-order valence-corrected chi connectivity index (χ2v) is 7.88. The van der Waals surface area contributed by atoms with E-state index in [1.165, 1.54) is 4.90 Å². The number of hydrogen-bond acceptors (Lipinski definition) is 6. The number of carbonyl (C=O) groups is 1. The predicted octanol–water partition coefficient (Wildman–Crippen LogP) is 4.19. The Balaban J connectivity index is 1.95. The summed E-state index contributed by atoms with van der Waals surface area (Å²) in [5.74, 6) is 2.08. The van der Waals surface area contributed by atoms with E-state index < -0.39 is 11.7 Å². The van der Waals surface area contributed by atoms with Crippen molar-refractivity contribution in [2.45, 2.75) is 46.3 Å². The first-order valence-corrected chi connectivity index (χ1v) is 10.2. The Bertz CT molecular complexity index is 833. The summed E-state index contributed by atoms with van der Waals surface area (Å²) in [5.41, 5.74) is 1.37. The zero-order chi connectivity index (χ0) is 22.1. The molecule has 1 N–H and O–H groups in total. The number of nitrogens with one attached hydrogen (secondary N) is 1. The van der Waals surface area contributed by atoms with Gasteiger partial charge in [0.1, 0.15) is 22.9 Å². The van der Waals surface area contributed by atoms with Crippen molar-refractivity contribution in [3.05, 3.63) is 47.7 Å². The molecule has 1 amide bonds. The average Bonchev–Trinajstić information content (AvgIpc) is 2.71. The van der Waals surface area contributed by atoms with Gasteiger partial charge in [0.05, 0.1) is 13.7 Å². The lowest BCUT2D eigenvalue weighted by molar-refractivity contribution is 0.0588. The smallest absolute Gasteiger partial charge is 0.415 e. The topological polar surface area (TPSA) is 72.9 Å². The quantitative estimate of drug-likeness (QED) is 0.662. The van der Waals surface area contributed by atoms with Gasteiger partial charge >= 0.3 is 6.09 Å². The summed E-state index contributed by atoms with van der Waals surface area (Å²) in [6.07, 6.45) is 0.172. The molecule has 2 rings (SSSR count). The van der Waals surface area contributed by atoms with Gasteiger partial charge in [0.25, 0.3) is 0 Å². The number of anilines is 1. The van der Waals surface area contributed by atoms with Gasteiger partial charge in [-0.1, -0.05) is 19.1 Å². The molecule has 0 fully saturated rings. The van der Waals surface area contributed by atoms with Gasteiger partial charge in [0.2, 0.25) is 0 Å². The Kier molecular flexibility index (Phi) is 8.47. The Morgan fingerprint density at radius 3 is 2.63 bits per heavy atom. The molecule has 30 heavy (non-hydrogen) atoms. The first-order valence-electron chi connectivity index (χ1n) is 10.2. The third-order valence-corrected chi connectivity index (χ3v) is 4.25. The molecule has 0 atom stereocenters. The zero-order valence-corrected chi connectivity index (χ0v) is 18.8. The van der Waals surface area contributed by atoms with Crippen LogP contribution in [-0.2, 0) is 17.7 Å². The van der Waals surface area contributed by atoms with E-state index >= 15 is 0 Å². The van der Waals surface area contributed by atoms with Gasteiger partial charge in [0, 0.05) is 37.3 Å². The minimum absolute atomic E-state index is 0.437. The van der Waals surface area contributed by atoms with Gasteiger partial charge in [-0.2, -0.15) is 0 Å². The molecule has 1 heterocycles. The van der Waals surface area contributed by atoms with Crippen LogP contribution in [-0.4, -0.2) is 44.0 Å². The van der Waals surface area contributed by atoms with Crippen LogP contribution in [0.25, 0.3) is 0 Å². The number of ether oxygens (including phenoxy) is 3. The Morgan fingerprint density at radius 2 is 1.97 bits per heavy atom. The van der Waals surface area contributed by atoms with Gasteiger partial charge in [-0.25, -0.2) is 9.78 Å². The summed E-state index contributed by atoms with van der Waals surface area (Å²) in [5, 5.41) is 3.29. The molecule has 0 saturated carbocycles. The number of amides is 1. The summed E-state index contributed by atoms with van der Waals surface area (Å²) < 4.78 is 16.7. The Hall–Kier alpha value is -2.80. The van der Waals surface area contributed by atoms with Gasteiger partial charge in [-0.05, 0) is 45.5 Å². The molecule has 7 nitrogen and oxygen atoms in total. The fourth-order valence-corrected chi connectivity index (χ4v) is 2.71. The molecule has 2 aromatic rings. The average molecular weight is 416 g/mol. The number of carbonyl (C=O) groups excluding carboxylic acids is 1. The van der Waals surface area contributed by atoms with E-state index in [9.17, 15) is 4.79 Å². The molecule has 0 spiro atoms. The summed E-state index contributed by atoms with van der Waals surface area (Å²) in [6, 6.07) is 11.4. The van der Waals surface area contributed by atoms with E-state index in [1.54, 1.807) is 20.2 Å². The Labute approximate surface area is 179 Å². The summed E-state index contributed by atoms with van der Waals surface area (Å²) in [7, 11) is 3.31. The van der Waals surface area contributed by atoms with Crippen LogP contribution >= 0.6 is 0 Å². The monoisotopic (exact) mass is 415 g/mol. The van der Waals surface area contributed by atoms with Crippen molar-refractivity contribution in [3.8, 4) is 11.5 Å². The molecule has 164 valence electrons. The molecular weight excluding hydrogens is 382 g/mol. The fraction of sp³-hybridized carbons (Fsp3) is 0.478. The van der Waals surface area contributed by atoms with Crippen LogP contribution in [0.15, 0.2) is 36.4 Å². The summed E-state index contributed by atoms with van der Waals surface area (Å²) in [6.45, 7) is 9.68.